The van der Waals surface area contributed by atoms with Gasteiger partial charge in [0.05, 0.1) is 18.4 Å². The zero-order chi connectivity index (χ0) is 15.1. The Hall–Kier alpha value is -0.690. The van der Waals surface area contributed by atoms with Crippen molar-refractivity contribution in [2.75, 3.05) is 26.2 Å². The summed E-state index contributed by atoms with van der Waals surface area (Å²) in [4.78, 5) is 11.5. The fraction of sp³-hybridized carbons (Fsp3) is 0.938. The molecule has 6 nitrogen and oxygen atoms in total. The number of oxime groups is 1. The summed E-state index contributed by atoms with van der Waals surface area (Å²) in [6.07, 6.45) is 8.13. The second-order valence-electron chi connectivity index (χ2n) is 7.34. The zero-order valence-corrected chi connectivity index (χ0v) is 13.5. The van der Waals surface area contributed by atoms with Crippen molar-refractivity contribution in [1.29, 1.82) is 0 Å². The minimum atomic E-state index is 0.307. The second kappa shape index (κ2) is 6.07. The fourth-order valence-corrected chi connectivity index (χ4v) is 5.17. The van der Waals surface area contributed by atoms with E-state index in [9.17, 15) is 0 Å². The van der Waals surface area contributed by atoms with Crippen molar-refractivity contribution in [3.05, 3.63) is 0 Å². The van der Waals surface area contributed by atoms with Crippen LogP contribution in [0.4, 0.5) is 0 Å². The molecule has 5 atom stereocenters. The number of rotatable bonds is 3. The van der Waals surface area contributed by atoms with E-state index in [1.54, 1.807) is 6.21 Å². The highest BCUT2D eigenvalue weighted by atomic mass is 16.7. The van der Waals surface area contributed by atoms with Crippen molar-refractivity contribution in [3.63, 3.8) is 0 Å². The fourth-order valence-electron chi connectivity index (χ4n) is 5.17. The number of hydrogen-bond acceptors (Lipinski definition) is 6. The Labute approximate surface area is 132 Å². The van der Waals surface area contributed by atoms with Gasteiger partial charge in [0.15, 0.2) is 0 Å². The van der Waals surface area contributed by atoms with Crippen molar-refractivity contribution in [2.24, 2.45) is 5.16 Å². The number of hydroxylamine groups is 2. The lowest BCUT2D eigenvalue weighted by Crippen LogP contribution is -2.58. The predicted octanol–water partition coefficient (Wildman–Crippen LogP) is 1.15. The van der Waals surface area contributed by atoms with E-state index >= 15 is 0 Å². The molecular formula is C16H28N4O2. The number of piperazine rings is 1. The predicted molar refractivity (Wildman–Crippen MR) is 84.0 cm³/mol. The topological polar surface area (TPSA) is 51.5 Å². The Morgan fingerprint density at radius 3 is 2.91 bits per heavy atom. The maximum absolute atomic E-state index is 8.67. The lowest BCUT2D eigenvalue weighted by atomic mass is 9.97. The minimum absolute atomic E-state index is 0.307. The third-order valence-electron chi connectivity index (χ3n) is 6.18. The molecule has 0 aromatic heterocycles. The third kappa shape index (κ3) is 2.46. The van der Waals surface area contributed by atoms with Crippen LogP contribution < -0.4 is 0 Å². The monoisotopic (exact) mass is 308 g/mol. The van der Waals surface area contributed by atoms with Crippen LogP contribution in [-0.4, -0.2) is 82.7 Å². The van der Waals surface area contributed by atoms with Gasteiger partial charge < -0.3 is 5.21 Å². The molecule has 4 rings (SSSR count). The van der Waals surface area contributed by atoms with Crippen LogP contribution in [0.15, 0.2) is 5.16 Å². The SMILES string of the molecule is CC1C2CCCN2CC2CC(C3CCCN3C/C=N/O)ON21. The smallest absolute Gasteiger partial charge is 0.0964 e. The van der Waals surface area contributed by atoms with Gasteiger partial charge in [0, 0.05) is 31.2 Å². The molecule has 0 aromatic rings. The molecule has 4 aliphatic heterocycles. The first-order valence-corrected chi connectivity index (χ1v) is 8.87. The van der Waals surface area contributed by atoms with Crippen LogP contribution in [0.1, 0.15) is 39.0 Å². The average molecular weight is 308 g/mol. The number of likely N-dealkylation sites (tertiary alicyclic amines) is 1. The molecule has 0 aromatic carbocycles. The van der Waals surface area contributed by atoms with Crippen molar-refractivity contribution < 1.29 is 10.0 Å². The summed E-state index contributed by atoms with van der Waals surface area (Å²) in [7, 11) is 0. The summed E-state index contributed by atoms with van der Waals surface area (Å²) in [5.74, 6) is 0. The first kappa shape index (κ1) is 14.9. The molecule has 5 unspecified atom stereocenters. The van der Waals surface area contributed by atoms with Gasteiger partial charge in [0.2, 0.25) is 0 Å². The zero-order valence-electron chi connectivity index (χ0n) is 13.5. The average Bonchev–Trinajstić information content (AvgIpc) is 3.23. The van der Waals surface area contributed by atoms with Gasteiger partial charge in [0.25, 0.3) is 0 Å². The van der Waals surface area contributed by atoms with Gasteiger partial charge in [-0.1, -0.05) is 0 Å². The number of fused-ring (bicyclic) bond motifs is 2. The molecule has 0 amide bonds. The summed E-state index contributed by atoms with van der Waals surface area (Å²) >= 11 is 0. The lowest BCUT2D eigenvalue weighted by molar-refractivity contribution is -0.221. The van der Waals surface area contributed by atoms with Crippen LogP contribution in [0.25, 0.3) is 0 Å². The molecule has 6 heteroatoms. The molecule has 4 heterocycles. The minimum Gasteiger partial charge on any atom is -0.411 e. The van der Waals surface area contributed by atoms with Crippen LogP contribution >= 0.6 is 0 Å². The standard InChI is InChI=1S/C16H28N4O2/c1-12-14-4-2-8-19(14)11-13-10-16(22-20(12)13)15-5-3-7-18(15)9-6-17-21/h6,12-16,21H,2-5,7-11H2,1H3/b17-6+. The van der Waals surface area contributed by atoms with E-state index in [1.165, 1.54) is 38.8 Å². The quantitative estimate of drug-likeness (QED) is 0.481. The van der Waals surface area contributed by atoms with Crippen LogP contribution in [0.5, 0.6) is 0 Å². The molecule has 4 fully saturated rings. The largest absolute Gasteiger partial charge is 0.411 e. The molecule has 22 heavy (non-hydrogen) atoms. The highest BCUT2D eigenvalue weighted by Crippen LogP contribution is 2.38. The Morgan fingerprint density at radius 2 is 2.05 bits per heavy atom. The summed E-state index contributed by atoms with van der Waals surface area (Å²) in [6.45, 7) is 6.60. The maximum atomic E-state index is 8.67. The summed E-state index contributed by atoms with van der Waals surface area (Å²) < 4.78 is 0. The normalized spacial score (nSPS) is 44.0. The van der Waals surface area contributed by atoms with E-state index < -0.39 is 0 Å². The summed E-state index contributed by atoms with van der Waals surface area (Å²) in [5, 5.41) is 14.2. The Morgan fingerprint density at radius 1 is 1.23 bits per heavy atom. The summed E-state index contributed by atoms with van der Waals surface area (Å²) in [5.41, 5.74) is 0. The van der Waals surface area contributed by atoms with Crippen LogP contribution in [0, 0.1) is 0 Å². The van der Waals surface area contributed by atoms with Crippen LogP contribution in [0.2, 0.25) is 0 Å². The number of hydrogen-bond donors (Lipinski definition) is 1. The third-order valence-corrected chi connectivity index (χ3v) is 6.18. The van der Waals surface area contributed by atoms with Gasteiger partial charge in [-0.3, -0.25) is 14.6 Å². The molecule has 1 N–H and O–H groups in total. The van der Waals surface area contributed by atoms with E-state index in [1.807, 2.05) is 0 Å². The number of nitrogens with zero attached hydrogens (tertiary/aromatic N) is 4. The van der Waals surface area contributed by atoms with Crippen LogP contribution in [0.3, 0.4) is 0 Å². The first-order valence-electron chi connectivity index (χ1n) is 8.87. The Bertz CT molecular complexity index is 432. The molecule has 0 aliphatic carbocycles. The molecule has 0 radical (unpaired) electrons. The van der Waals surface area contributed by atoms with Gasteiger partial charge in [-0.15, -0.1) is 5.16 Å². The van der Waals surface area contributed by atoms with E-state index in [4.69, 9.17) is 10.0 Å². The lowest BCUT2D eigenvalue weighted by Gasteiger charge is -2.43. The maximum Gasteiger partial charge on any atom is 0.0964 e. The molecule has 0 spiro atoms. The summed E-state index contributed by atoms with van der Waals surface area (Å²) in [6, 6.07) is 2.24. The van der Waals surface area contributed by atoms with Gasteiger partial charge in [-0.05, 0) is 52.1 Å². The van der Waals surface area contributed by atoms with Crippen molar-refractivity contribution in [3.8, 4) is 0 Å². The van der Waals surface area contributed by atoms with Crippen molar-refractivity contribution in [2.45, 2.75) is 69.3 Å². The highest BCUT2D eigenvalue weighted by molar-refractivity contribution is 5.58. The van der Waals surface area contributed by atoms with Gasteiger partial charge in [-0.2, -0.15) is 5.06 Å². The molecule has 124 valence electrons. The molecule has 0 saturated carbocycles. The second-order valence-corrected chi connectivity index (χ2v) is 7.34. The molecule has 4 saturated heterocycles. The van der Waals surface area contributed by atoms with E-state index in [0.29, 0.717) is 30.3 Å². The van der Waals surface area contributed by atoms with Crippen molar-refractivity contribution in [1.82, 2.24) is 14.9 Å². The van der Waals surface area contributed by atoms with Gasteiger partial charge >= 0.3 is 0 Å². The first-order chi connectivity index (χ1) is 10.8. The van der Waals surface area contributed by atoms with Crippen LogP contribution in [-0.2, 0) is 4.84 Å². The molecule has 4 aliphatic rings. The van der Waals surface area contributed by atoms with Gasteiger partial charge in [0.1, 0.15) is 0 Å². The Balaban J connectivity index is 1.43. The molecular weight excluding hydrogens is 280 g/mol. The molecule has 0 bridgehead atoms. The van der Waals surface area contributed by atoms with Crippen molar-refractivity contribution >= 4 is 6.21 Å². The highest BCUT2D eigenvalue weighted by Gasteiger charge is 2.49. The Kier molecular flexibility index (Phi) is 4.11. The van der Waals surface area contributed by atoms with E-state index in [2.05, 4.69) is 26.9 Å². The van der Waals surface area contributed by atoms with E-state index in [0.717, 1.165) is 19.5 Å². The van der Waals surface area contributed by atoms with E-state index in [-0.39, 0.29) is 0 Å². The van der Waals surface area contributed by atoms with Gasteiger partial charge in [-0.25, -0.2) is 0 Å².